The second kappa shape index (κ2) is 6.91. The highest BCUT2D eigenvalue weighted by molar-refractivity contribution is 6.30. The molecule has 1 rings (SSSR count). The second-order valence-electron chi connectivity index (χ2n) is 3.68. The number of rotatable bonds is 5. The number of halogens is 2. The summed E-state index contributed by atoms with van der Waals surface area (Å²) in [6.07, 6.45) is -1.67. The summed E-state index contributed by atoms with van der Waals surface area (Å²) in [7, 11) is 0. The highest BCUT2D eigenvalue weighted by Crippen LogP contribution is 2.17. The minimum atomic E-state index is -1.54. The molecule has 1 aromatic rings. The Morgan fingerprint density at radius 2 is 2.05 bits per heavy atom. The quantitative estimate of drug-likeness (QED) is 0.659. The van der Waals surface area contributed by atoms with Crippen LogP contribution in [0.4, 0.5) is 14.9 Å². The fraction of sp³-hybridized carbons (Fsp3) is 0.273. The fourth-order valence-corrected chi connectivity index (χ4v) is 1.47. The lowest BCUT2D eigenvalue weighted by molar-refractivity contribution is -0.146. The average molecular weight is 291 g/mol. The molecular weight excluding hydrogens is 279 g/mol. The molecule has 0 aliphatic rings. The van der Waals surface area contributed by atoms with E-state index < -0.39 is 23.9 Å². The fourth-order valence-electron chi connectivity index (χ4n) is 1.25. The third-order valence-electron chi connectivity index (χ3n) is 2.11. The monoisotopic (exact) mass is 290 g/mol. The summed E-state index contributed by atoms with van der Waals surface area (Å²) in [5, 5.41) is 22.1. The third-order valence-corrected chi connectivity index (χ3v) is 2.33. The molecule has 0 heterocycles. The number of aliphatic carboxylic acids is 1. The number of carboxylic acids is 1. The zero-order chi connectivity index (χ0) is 14.4. The summed E-state index contributed by atoms with van der Waals surface area (Å²) in [5.41, 5.74) is 0.168. The summed E-state index contributed by atoms with van der Waals surface area (Å²) in [6, 6.07) is 2.88. The molecule has 1 atom stereocenters. The van der Waals surface area contributed by atoms with Crippen LogP contribution in [-0.2, 0) is 4.79 Å². The van der Waals surface area contributed by atoms with Crippen LogP contribution in [0.1, 0.15) is 6.42 Å². The molecule has 8 heteroatoms. The van der Waals surface area contributed by atoms with Crippen LogP contribution in [0.25, 0.3) is 0 Å². The largest absolute Gasteiger partial charge is 0.479 e. The van der Waals surface area contributed by atoms with Crippen LogP contribution < -0.4 is 10.6 Å². The minimum Gasteiger partial charge on any atom is -0.479 e. The van der Waals surface area contributed by atoms with E-state index in [2.05, 4.69) is 10.6 Å². The van der Waals surface area contributed by atoms with Gasteiger partial charge in [0.2, 0.25) is 0 Å². The first-order valence-electron chi connectivity index (χ1n) is 5.30. The van der Waals surface area contributed by atoms with Crippen molar-refractivity contribution < 1.29 is 24.2 Å². The van der Waals surface area contributed by atoms with Crippen molar-refractivity contribution in [3.63, 3.8) is 0 Å². The maximum atomic E-state index is 13.0. The maximum Gasteiger partial charge on any atom is 0.332 e. The predicted molar refractivity (Wildman–Crippen MR) is 66.7 cm³/mol. The van der Waals surface area contributed by atoms with Crippen LogP contribution >= 0.6 is 11.6 Å². The number of amides is 2. The van der Waals surface area contributed by atoms with Crippen LogP contribution in [-0.4, -0.2) is 34.9 Å². The molecule has 0 bridgehead atoms. The molecular formula is C11H12ClFN2O4. The molecule has 0 spiro atoms. The van der Waals surface area contributed by atoms with Gasteiger partial charge in [-0.1, -0.05) is 11.6 Å². The Balaban J connectivity index is 2.41. The Hall–Kier alpha value is -1.86. The van der Waals surface area contributed by atoms with Crippen molar-refractivity contribution in [3.8, 4) is 0 Å². The third kappa shape index (κ3) is 5.54. The van der Waals surface area contributed by atoms with Crippen LogP contribution in [0.15, 0.2) is 18.2 Å². The Bertz CT molecular complexity index is 464. The smallest absolute Gasteiger partial charge is 0.332 e. The van der Waals surface area contributed by atoms with Crippen LogP contribution in [0.2, 0.25) is 5.02 Å². The average Bonchev–Trinajstić information content (AvgIpc) is 2.26. The molecule has 0 aliphatic carbocycles. The highest BCUT2D eigenvalue weighted by Gasteiger charge is 2.12. The second-order valence-corrected chi connectivity index (χ2v) is 4.12. The molecule has 0 saturated carbocycles. The molecule has 6 nitrogen and oxygen atoms in total. The first-order chi connectivity index (χ1) is 8.88. The van der Waals surface area contributed by atoms with Crippen molar-refractivity contribution in [2.45, 2.75) is 12.5 Å². The molecule has 0 aliphatic heterocycles. The van der Waals surface area contributed by atoms with E-state index in [1.807, 2.05) is 0 Å². The van der Waals surface area contributed by atoms with Crippen LogP contribution in [0, 0.1) is 5.82 Å². The number of urea groups is 1. The van der Waals surface area contributed by atoms with Gasteiger partial charge in [0.25, 0.3) is 0 Å². The number of aliphatic hydroxyl groups excluding tert-OH is 1. The number of carbonyl (C=O) groups excluding carboxylic acids is 1. The van der Waals surface area contributed by atoms with Gasteiger partial charge in [0.15, 0.2) is 6.10 Å². The zero-order valence-corrected chi connectivity index (χ0v) is 10.4. The molecule has 4 N–H and O–H groups in total. The molecule has 0 radical (unpaired) electrons. The van der Waals surface area contributed by atoms with E-state index in [4.69, 9.17) is 21.8 Å². The van der Waals surface area contributed by atoms with E-state index in [9.17, 15) is 14.0 Å². The van der Waals surface area contributed by atoms with Gasteiger partial charge in [-0.2, -0.15) is 0 Å². The lowest BCUT2D eigenvalue weighted by atomic mass is 10.2. The van der Waals surface area contributed by atoms with Crippen molar-refractivity contribution in [2.75, 3.05) is 11.9 Å². The number of anilines is 1. The number of aliphatic hydroxyl groups is 1. The van der Waals surface area contributed by atoms with Crippen LogP contribution in [0.3, 0.4) is 0 Å². The predicted octanol–water partition coefficient (Wildman–Crippen LogP) is 1.44. The summed E-state index contributed by atoms with van der Waals surface area (Å²) >= 11 is 5.60. The minimum absolute atomic E-state index is 0.0393. The molecule has 0 aromatic heterocycles. The number of hydrogen-bond donors (Lipinski definition) is 4. The van der Waals surface area contributed by atoms with E-state index in [1.54, 1.807) is 0 Å². The Morgan fingerprint density at radius 3 is 2.63 bits per heavy atom. The number of carboxylic acid groups (broad SMARTS) is 1. The Kier molecular flexibility index (Phi) is 5.53. The van der Waals surface area contributed by atoms with Gasteiger partial charge in [-0.15, -0.1) is 0 Å². The topological polar surface area (TPSA) is 98.7 Å². The van der Waals surface area contributed by atoms with E-state index in [1.165, 1.54) is 6.07 Å². The standard InChI is InChI=1S/C11H12ClFN2O4/c12-6-3-7(13)5-8(4-6)15-11(19)14-2-1-9(16)10(17)18/h3-5,9,16H,1-2H2,(H,17,18)(H2,14,15,19). The van der Waals surface area contributed by atoms with E-state index in [0.717, 1.165) is 12.1 Å². The van der Waals surface area contributed by atoms with Crippen molar-refractivity contribution in [1.82, 2.24) is 5.32 Å². The van der Waals surface area contributed by atoms with Gasteiger partial charge < -0.3 is 20.8 Å². The van der Waals surface area contributed by atoms with Gasteiger partial charge in [0.1, 0.15) is 5.82 Å². The molecule has 2 amide bonds. The van der Waals surface area contributed by atoms with Gasteiger partial charge in [-0.25, -0.2) is 14.0 Å². The van der Waals surface area contributed by atoms with Crippen molar-refractivity contribution in [1.29, 1.82) is 0 Å². The SMILES string of the molecule is O=C(NCCC(O)C(=O)O)Nc1cc(F)cc(Cl)c1. The van der Waals surface area contributed by atoms with Gasteiger partial charge >= 0.3 is 12.0 Å². The lowest BCUT2D eigenvalue weighted by Gasteiger charge is -2.09. The molecule has 1 unspecified atom stereocenters. The normalized spacial score (nSPS) is 11.7. The summed E-state index contributed by atoms with van der Waals surface area (Å²) in [4.78, 5) is 21.7. The van der Waals surface area contributed by atoms with E-state index in [0.29, 0.717) is 0 Å². The number of nitrogens with one attached hydrogen (secondary N) is 2. The van der Waals surface area contributed by atoms with Crippen molar-refractivity contribution in [3.05, 3.63) is 29.0 Å². The van der Waals surface area contributed by atoms with E-state index in [-0.39, 0.29) is 23.7 Å². The van der Waals surface area contributed by atoms with Gasteiger partial charge in [0, 0.05) is 23.7 Å². The first kappa shape index (κ1) is 15.2. The van der Waals surface area contributed by atoms with Crippen molar-refractivity contribution in [2.24, 2.45) is 0 Å². The number of benzene rings is 1. The maximum absolute atomic E-state index is 13.0. The summed E-state index contributed by atoms with van der Waals surface area (Å²) in [5.74, 6) is -1.96. The molecule has 0 fully saturated rings. The summed E-state index contributed by atoms with van der Waals surface area (Å²) in [6.45, 7) is -0.0393. The Labute approximate surface area is 113 Å². The van der Waals surface area contributed by atoms with Gasteiger partial charge in [0.05, 0.1) is 0 Å². The Morgan fingerprint density at radius 1 is 1.37 bits per heavy atom. The van der Waals surface area contributed by atoms with Crippen LogP contribution in [0.5, 0.6) is 0 Å². The molecule has 19 heavy (non-hydrogen) atoms. The van der Waals surface area contributed by atoms with Crippen molar-refractivity contribution >= 4 is 29.3 Å². The first-order valence-corrected chi connectivity index (χ1v) is 5.68. The molecule has 1 aromatic carbocycles. The zero-order valence-electron chi connectivity index (χ0n) is 9.69. The highest BCUT2D eigenvalue weighted by atomic mass is 35.5. The summed E-state index contributed by atoms with van der Waals surface area (Å²) < 4.78 is 13.0. The number of hydrogen-bond acceptors (Lipinski definition) is 3. The van der Waals surface area contributed by atoms with Gasteiger partial charge in [-0.3, -0.25) is 0 Å². The molecule has 104 valence electrons. The molecule has 0 saturated heterocycles. The lowest BCUT2D eigenvalue weighted by Crippen LogP contribution is -2.33. The van der Waals surface area contributed by atoms with E-state index >= 15 is 0 Å². The number of carbonyl (C=O) groups is 2. The van der Waals surface area contributed by atoms with Gasteiger partial charge in [-0.05, 0) is 18.2 Å².